The van der Waals surface area contributed by atoms with E-state index in [9.17, 15) is 0 Å². The van der Waals surface area contributed by atoms with Crippen LogP contribution >= 0.6 is 22.9 Å². The Morgan fingerprint density at radius 3 is 3.00 bits per heavy atom. The first-order valence-electron chi connectivity index (χ1n) is 3.64. The molecule has 0 saturated carbocycles. The van der Waals surface area contributed by atoms with Crippen molar-refractivity contribution in [2.75, 3.05) is 12.4 Å². The zero-order valence-corrected chi connectivity index (χ0v) is 8.13. The second kappa shape index (κ2) is 4.75. The predicted molar refractivity (Wildman–Crippen MR) is 51.5 cm³/mol. The van der Waals surface area contributed by atoms with Gasteiger partial charge in [-0.25, -0.2) is 0 Å². The molecule has 11 heavy (non-hydrogen) atoms. The fourth-order valence-electron chi connectivity index (χ4n) is 0.854. The van der Waals surface area contributed by atoms with Crippen LogP contribution < -0.4 is 5.32 Å². The maximum Gasteiger partial charge on any atom is 0.0348 e. The molecule has 62 valence electrons. The molecule has 0 aromatic carbocycles. The first-order chi connectivity index (χ1) is 5.34. The Bertz CT molecular complexity index is 210. The lowest BCUT2D eigenvalue weighted by molar-refractivity contribution is 0.736. The summed E-state index contributed by atoms with van der Waals surface area (Å²) in [6.45, 7) is 3.98. The molecule has 0 aliphatic carbocycles. The lowest BCUT2D eigenvalue weighted by Gasteiger charge is -1.99. The third-order valence-corrected chi connectivity index (χ3v) is 2.74. The summed E-state index contributed by atoms with van der Waals surface area (Å²) >= 11 is 7.32. The molecule has 0 atom stereocenters. The largest absolute Gasteiger partial charge is 0.311 e. The molecule has 0 amide bonds. The Morgan fingerprint density at radius 2 is 2.45 bits per heavy atom. The third-order valence-electron chi connectivity index (χ3n) is 1.52. The molecule has 1 rings (SSSR count). The topological polar surface area (TPSA) is 12.0 Å². The van der Waals surface area contributed by atoms with Crippen LogP contribution in [0.2, 0.25) is 0 Å². The second-order valence-corrected chi connectivity index (χ2v) is 3.77. The van der Waals surface area contributed by atoms with Crippen LogP contribution in [0.4, 0.5) is 0 Å². The van der Waals surface area contributed by atoms with Gasteiger partial charge in [-0.05, 0) is 23.9 Å². The second-order valence-electron chi connectivity index (χ2n) is 2.39. The fourth-order valence-corrected chi connectivity index (χ4v) is 1.86. The van der Waals surface area contributed by atoms with Crippen LogP contribution in [0.15, 0.2) is 11.4 Å². The van der Waals surface area contributed by atoms with Crippen LogP contribution in [0.1, 0.15) is 10.4 Å². The number of rotatable bonds is 4. The Morgan fingerprint density at radius 1 is 1.64 bits per heavy atom. The van der Waals surface area contributed by atoms with Gasteiger partial charge >= 0.3 is 0 Å². The van der Waals surface area contributed by atoms with Crippen LogP contribution in [-0.4, -0.2) is 12.4 Å². The van der Waals surface area contributed by atoms with E-state index in [0.717, 1.165) is 13.1 Å². The molecule has 1 N–H and O–H groups in total. The third kappa shape index (κ3) is 2.81. The SMILES string of the molecule is Cc1ccsc1CNCCCl. The first kappa shape index (κ1) is 9.04. The molecule has 0 unspecified atom stereocenters. The van der Waals surface area contributed by atoms with Crippen LogP contribution in [0.25, 0.3) is 0 Å². The highest BCUT2D eigenvalue weighted by atomic mass is 35.5. The number of alkyl halides is 1. The van der Waals surface area contributed by atoms with Gasteiger partial charge in [-0.3, -0.25) is 0 Å². The highest BCUT2D eigenvalue weighted by molar-refractivity contribution is 7.10. The quantitative estimate of drug-likeness (QED) is 0.567. The predicted octanol–water partition coefficient (Wildman–Crippen LogP) is 2.38. The summed E-state index contributed by atoms with van der Waals surface area (Å²) in [5.74, 6) is 0.685. The summed E-state index contributed by atoms with van der Waals surface area (Å²) in [6, 6.07) is 2.14. The van der Waals surface area contributed by atoms with Gasteiger partial charge in [0.15, 0.2) is 0 Å². The van der Waals surface area contributed by atoms with Crippen LogP contribution in [0.5, 0.6) is 0 Å². The first-order valence-corrected chi connectivity index (χ1v) is 5.05. The van der Waals surface area contributed by atoms with E-state index in [1.807, 2.05) is 0 Å². The number of hydrogen-bond donors (Lipinski definition) is 1. The van der Waals surface area contributed by atoms with Gasteiger partial charge < -0.3 is 5.32 Å². The highest BCUT2D eigenvalue weighted by Gasteiger charge is 1.96. The van der Waals surface area contributed by atoms with Crippen molar-refractivity contribution in [3.05, 3.63) is 21.9 Å². The summed E-state index contributed by atoms with van der Waals surface area (Å²) in [5.41, 5.74) is 1.37. The Balaban J connectivity index is 2.32. The molecule has 1 aromatic heterocycles. The average molecular weight is 190 g/mol. The summed E-state index contributed by atoms with van der Waals surface area (Å²) in [7, 11) is 0. The van der Waals surface area contributed by atoms with Gasteiger partial charge in [-0.2, -0.15) is 0 Å². The Kier molecular flexibility index (Phi) is 3.91. The van der Waals surface area contributed by atoms with E-state index in [-0.39, 0.29) is 0 Å². The van der Waals surface area contributed by atoms with Crippen molar-refractivity contribution in [1.82, 2.24) is 5.32 Å². The van der Waals surface area contributed by atoms with E-state index in [1.54, 1.807) is 11.3 Å². The van der Waals surface area contributed by atoms with Crippen molar-refractivity contribution in [3.8, 4) is 0 Å². The maximum atomic E-state index is 5.52. The molecule has 0 spiro atoms. The Hall–Kier alpha value is -0.0500. The minimum atomic E-state index is 0.685. The van der Waals surface area contributed by atoms with E-state index in [2.05, 4.69) is 23.7 Å². The number of thiophene rings is 1. The average Bonchev–Trinajstić information content (AvgIpc) is 2.37. The molecular weight excluding hydrogens is 178 g/mol. The molecule has 3 heteroatoms. The maximum absolute atomic E-state index is 5.52. The Labute approximate surface area is 76.4 Å². The van der Waals surface area contributed by atoms with Gasteiger partial charge in [0.2, 0.25) is 0 Å². The normalized spacial score (nSPS) is 10.4. The zero-order valence-electron chi connectivity index (χ0n) is 6.56. The van der Waals surface area contributed by atoms with Crippen molar-refractivity contribution in [2.45, 2.75) is 13.5 Å². The molecule has 0 fully saturated rings. The molecular formula is C8H12ClNS. The minimum Gasteiger partial charge on any atom is -0.311 e. The molecule has 0 bridgehead atoms. The fraction of sp³-hybridized carbons (Fsp3) is 0.500. The number of aryl methyl sites for hydroxylation is 1. The monoisotopic (exact) mass is 189 g/mol. The van der Waals surface area contributed by atoms with Crippen molar-refractivity contribution in [2.24, 2.45) is 0 Å². The minimum absolute atomic E-state index is 0.685. The summed E-state index contributed by atoms with van der Waals surface area (Å²) < 4.78 is 0. The molecule has 0 aliphatic rings. The molecule has 1 aromatic rings. The number of hydrogen-bond acceptors (Lipinski definition) is 2. The number of nitrogens with one attached hydrogen (secondary N) is 1. The van der Waals surface area contributed by atoms with E-state index in [0.29, 0.717) is 5.88 Å². The van der Waals surface area contributed by atoms with Crippen LogP contribution in [0.3, 0.4) is 0 Å². The molecule has 0 saturated heterocycles. The standard InChI is InChI=1S/C8H12ClNS/c1-7-2-5-11-8(7)6-10-4-3-9/h2,5,10H,3-4,6H2,1H3. The van der Waals surface area contributed by atoms with Gasteiger partial charge in [0.05, 0.1) is 0 Å². The van der Waals surface area contributed by atoms with E-state index in [1.165, 1.54) is 10.4 Å². The number of halogens is 1. The van der Waals surface area contributed by atoms with Crippen molar-refractivity contribution >= 4 is 22.9 Å². The van der Waals surface area contributed by atoms with Crippen molar-refractivity contribution < 1.29 is 0 Å². The summed E-state index contributed by atoms with van der Waals surface area (Å²) in [6.07, 6.45) is 0. The van der Waals surface area contributed by atoms with Gasteiger partial charge in [0.25, 0.3) is 0 Å². The van der Waals surface area contributed by atoms with Gasteiger partial charge in [0.1, 0.15) is 0 Å². The smallest absolute Gasteiger partial charge is 0.0348 e. The van der Waals surface area contributed by atoms with Gasteiger partial charge in [-0.1, -0.05) is 0 Å². The van der Waals surface area contributed by atoms with Crippen LogP contribution in [0, 0.1) is 6.92 Å². The molecule has 1 nitrogen and oxygen atoms in total. The van der Waals surface area contributed by atoms with Gasteiger partial charge in [-0.15, -0.1) is 22.9 Å². The van der Waals surface area contributed by atoms with Gasteiger partial charge in [0, 0.05) is 23.8 Å². The zero-order chi connectivity index (χ0) is 8.10. The molecule has 0 aliphatic heterocycles. The van der Waals surface area contributed by atoms with E-state index >= 15 is 0 Å². The molecule has 1 heterocycles. The summed E-state index contributed by atoms with van der Waals surface area (Å²) in [5, 5.41) is 5.37. The lowest BCUT2D eigenvalue weighted by Crippen LogP contribution is -2.15. The lowest BCUT2D eigenvalue weighted by atomic mass is 10.3. The van der Waals surface area contributed by atoms with Crippen molar-refractivity contribution in [1.29, 1.82) is 0 Å². The highest BCUT2D eigenvalue weighted by Crippen LogP contribution is 2.14. The summed E-state index contributed by atoms with van der Waals surface area (Å²) in [4.78, 5) is 1.41. The van der Waals surface area contributed by atoms with Crippen LogP contribution in [-0.2, 0) is 6.54 Å². The van der Waals surface area contributed by atoms with Crippen molar-refractivity contribution in [3.63, 3.8) is 0 Å². The van der Waals surface area contributed by atoms with E-state index in [4.69, 9.17) is 11.6 Å². The van der Waals surface area contributed by atoms with E-state index < -0.39 is 0 Å². The molecule has 0 radical (unpaired) electrons.